The lowest BCUT2D eigenvalue weighted by molar-refractivity contribution is 0.289. The number of hydrogen-bond acceptors (Lipinski definition) is 4. The van der Waals surface area contributed by atoms with Gasteiger partial charge in [0.15, 0.2) is 5.65 Å². The standard InChI is InChI=1S/C13H19N5/c1-2-17(11-6-7-11)10-8-14-13-15-12-5-3-4-9-18(12)16-13/h3-5,9,11H,2,6-8,10H2,1H3,(H,14,16). The average molecular weight is 245 g/mol. The van der Waals surface area contributed by atoms with Crippen LogP contribution in [0.15, 0.2) is 24.4 Å². The van der Waals surface area contributed by atoms with Crippen LogP contribution < -0.4 is 5.32 Å². The first-order valence-electron chi connectivity index (χ1n) is 6.66. The molecule has 2 heterocycles. The molecule has 0 saturated heterocycles. The number of hydrogen-bond donors (Lipinski definition) is 1. The highest BCUT2D eigenvalue weighted by Crippen LogP contribution is 2.25. The van der Waals surface area contributed by atoms with E-state index in [4.69, 9.17) is 0 Å². The first-order chi connectivity index (χ1) is 8.86. The maximum Gasteiger partial charge on any atom is 0.243 e. The normalized spacial score (nSPS) is 15.4. The molecule has 0 radical (unpaired) electrons. The number of fused-ring (bicyclic) bond motifs is 1. The lowest BCUT2D eigenvalue weighted by Crippen LogP contribution is -2.31. The Morgan fingerprint density at radius 2 is 2.33 bits per heavy atom. The highest BCUT2D eigenvalue weighted by molar-refractivity contribution is 5.42. The summed E-state index contributed by atoms with van der Waals surface area (Å²) in [6.07, 6.45) is 4.64. The number of anilines is 1. The van der Waals surface area contributed by atoms with Crippen LogP contribution in [-0.4, -0.2) is 45.2 Å². The zero-order valence-corrected chi connectivity index (χ0v) is 10.7. The minimum atomic E-state index is 0.716. The van der Waals surface area contributed by atoms with E-state index in [1.165, 1.54) is 12.8 Å². The second-order valence-electron chi connectivity index (χ2n) is 4.73. The third kappa shape index (κ3) is 2.46. The van der Waals surface area contributed by atoms with E-state index < -0.39 is 0 Å². The number of pyridine rings is 1. The Kier molecular flexibility index (Phi) is 3.15. The van der Waals surface area contributed by atoms with Crippen LogP contribution in [0.25, 0.3) is 5.65 Å². The third-order valence-electron chi connectivity index (χ3n) is 3.39. The SMILES string of the molecule is CCN(CCNc1nc2ccccn2n1)C1CC1. The third-order valence-corrected chi connectivity index (χ3v) is 3.39. The van der Waals surface area contributed by atoms with Crippen LogP contribution in [0, 0.1) is 0 Å². The molecule has 1 aliphatic rings. The van der Waals surface area contributed by atoms with E-state index in [2.05, 4.69) is 27.2 Å². The summed E-state index contributed by atoms with van der Waals surface area (Å²) in [5.74, 6) is 0.716. The van der Waals surface area contributed by atoms with Crippen LogP contribution in [0.5, 0.6) is 0 Å². The quantitative estimate of drug-likeness (QED) is 0.840. The summed E-state index contributed by atoms with van der Waals surface area (Å²) in [4.78, 5) is 6.93. The Morgan fingerprint density at radius 1 is 1.44 bits per heavy atom. The van der Waals surface area contributed by atoms with E-state index >= 15 is 0 Å². The van der Waals surface area contributed by atoms with Gasteiger partial charge in [0.2, 0.25) is 5.95 Å². The Bertz CT molecular complexity index is 484. The first kappa shape index (κ1) is 11.5. The van der Waals surface area contributed by atoms with Gasteiger partial charge in [0.05, 0.1) is 0 Å². The van der Waals surface area contributed by atoms with Crippen molar-refractivity contribution in [2.24, 2.45) is 0 Å². The second-order valence-corrected chi connectivity index (χ2v) is 4.73. The van der Waals surface area contributed by atoms with Crippen molar-refractivity contribution in [3.8, 4) is 0 Å². The molecule has 0 bridgehead atoms. The van der Waals surface area contributed by atoms with Gasteiger partial charge < -0.3 is 5.32 Å². The summed E-state index contributed by atoms with van der Waals surface area (Å²) in [5, 5.41) is 7.67. The maximum atomic E-state index is 4.42. The van der Waals surface area contributed by atoms with E-state index in [1.807, 2.05) is 24.4 Å². The molecule has 0 atom stereocenters. The molecule has 2 aromatic heterocycles. The smallest absolute Gasteiger partial charge is 0.243 e. The summed E-state index contributed by atoms with van der Waals surface area (Å²) in [6, 6.07) is 6.71. The van der Waals surface area contributed by atoms with Gasteiger partial charge in [-0.3, -0.25) is 4.90 Å². The van der Waals surface area contributed by atoms with Crippen LogP contribution in [0.1, 0.15) is 19.8 Å². The van der Waals surface area contributed by atoms with Crippen LogP contribution in [0.3, 0.4) is 0 Å². The van der Waals surface area contributed by atoms with Gasteiger partial charge in [-0.05, 0) is 31.5 Å². The molecule has 0 aliphatic heterocycles. The Balaban J connectivity index is 1.55. The van der Waals surface area contributed by atoms with Gasteiger partial charge in [0.25, 0.3) is 0 Å². The van der Waals surface area contributed by atoms with Crippen LogP contribution in [0.2, 0.25) is 0 Å². The van der Waals surface area contributed by atoms with E-state index in [0.717, 1.165) is 31.3 Å². The van der Waals surface area contributed by atoms with Crippen molar-refractivity contribution in [3.05, 3.63) is 24.4 Å². The topological polar surface area (TPSA) is 45.5 Å². The number of likely N-dealkylation sites (N-methyl/N-ethyl adjacent to an activating group) is 1. The van der Waals surface area contributed by atoms with Crippen LogP contribution in [0.4, 0.5) is 5.95 Å². The van der Waals surface area contributed by atoms with Gasteiger partial charge in [-0.1, -0.05) is 13.0 Å². The molecule has 18 heavy (non-hydrogen) atoms. The lowest BCUT2D eigenvalue weighted by Gasteiger charge is -2.19. The second kappa shape index (κ2) is 4.94. The summed E-state index contributed by atoms with van der Waals surface area (Å²) in [7, 11) is 0. The molecule has 1 aliphatic carbocycles. The maximum absolute atomic E-state index is 4.42. The molecule has 1 fully saturated rings. The first-order valence-corrected chi connectivity index (χ1v) is 6.66. The van der Waals surface area contributed by atoms with Crippen molar-refractivity contribution in [3.63, 3.8) is 0 Å². The molecule has 0 aromatic carbocycles. The molecule has 96 valence electrons. The summed E-state index contributed by atoms with van der Waals surface area (Å²) >= 11 is 0. The largest absolute Gasteiger partial charge is 0.352 e. The fourth-order valence-corrected chi connectivity index (χ4v) is 2.26. The zero-order valence-electron chi connectivity index (χ0n) is 10.7. The molecule has 1 N–H and O–H groups in total. The molecule has 0 spiro atoms. The molecule has 5 heteroatoms. The predicted octanol–water partition coefficient (Wildman–Crippen LogP) is 1.63. The van der Waals surface area contributed by atoms with Gasteiger partial charge in [-0.2, -0.15) is 4.98 Å². The van der Waals surface area contributed by atoms with Crippen molar-refractivity contribution in [2.75, 3.05) is 25.0 Å². The number of aromatic nitrogens is 3. The van der Waals surface area contributed by atoms with Crippen molar-refractivity contribution in [1.82, 2.24) is 19.5 Å². The van der Waals surface area contributed by atoms with E-state index in [9.17, 15) is 0 Å². The van der Waals surface area contributed by atoms with E-state index in [0.29, 0.717) is 5.95 Å². The Morgan fingerprint density at radius 3 is 3.06 bits per heavy atom. The minimum absolute atomic E-state index is 0.716. The summed E-state index contributed by atoms with van der Waals surface area (Å²) < 4.78 is 1.79. The van der Waals surface area contributed by atoms with Gasteiger partial charge >= 0.3 is 0 Å². The highest BCUT2D eigenvalue weighted by Gasteiger charge is 2.27. The predicted molar refractivity (Wildman–Crippen MR) is 71.7 cm³/mol. The molecular formula is C13H19N5. The number of rotatable bonds is 6. The summed E-state index contributed by atoms with van der Waals surface area (Å²) in [6.45, 7) is 5.32. The van der Waals surface area contributed by atoms with E-state index in [-0.39, 0.29) is 0 Å². The minimum Gasteiger partial charge on any atom is -0.352 e. The monoisotopic (exact) mass is 245 g/mol. The molecule has 2 aromatic rings. The van der Waals surface area contributed by atoms with Crippen molar-refractivity contribution in [2.45, 2.75) is 25.8 Å². The Hall–Kier alpha value is -1.62. The molecule has 5 nitrogen and oxygen atoms in total. The van der Waals surface area contributed by atoms with Crippen molar-refractivity contribution < 1.29 is 0 Å². The van der Waals surface area contributed by atoms with E-state index in [1.54, 1.807) is 4.52 Å². The zero-order chi connectivity index (χ0) is 12.4. The molecular weight excluding hydrogens is 226 g/mol. The lowest BCUT2D eigenvalue weighted by atomic mass is 10.4. The highest BCUT2D eigenvalue weighted by atomic mass is 15.3. The average Bonchev–Trinajstić information content (AvgIpc) is 3.14. The molecule has 0 amide bonds. The number of nitrogens with one attached hydrogen (secondary N) is 1. The van der Waals surface area contributed by atoms with Gasteiger partial charge in [0.1, 0.15) is 0 Å². The molecule has 0 unspecified atom stereocenters. The Labute approximate surface area is 107 Å². The van der Waals surface area contributed by atoms with Crippen molar-refractivity contribution >= 4 is 11.6 Å². The summed E-state index contributed by atoms with van der Waals surface area (Å²) in [5.41, 5.74) is 0.884. The van der Waals surface area contributed by atoms with Gasteiger partial charge in [-0.25, -0.2) is 4.52 Å². The van der Waals surface area contributed by atoms with Gasteiger partial charge in [0, 0.05) is 25.3 Å². The van der Waals surface area contributed by atoms with Crippen LogP contribution >= 0.6 is 0 Å². The molecule has 1 saturated carbocycles. The molecule has 3 rings (SSSR count). The van der Waals surface area contributed by atoms with Crippen molar-refractivity contribution in [1.29, 1.82) is 0 Å². The van der Waals surface area contributed by atoms with Gasteiger partial charge in [-0.15, -0.1) is 5.10 Å². The fourth-order valence-electron chi connectivity index (χ4n) is 2.26. The fraction of sp³-hybridized carbons (Fsp3) is 0.538. The number of nitrogens with zero attached hydrogens (tertiary/aromatic N) is 4. The van der Waals surface area contributed by atoms with Crippen LogP contribution in [-0.2, 0) is 0 Å².